The SMILES string of the molecule is C[Se]CCP(C)(I)(CCc1ccncc1)CCc1ccncc1. The van der Waals surface area contributed by atoms with E-state index in [1.54, 1.807) is 0 Å². The second kappa shape index (κ2) is 8.89. The first-order chi connectivity index (χ1) is 11.0. The van der Waals surface area contributed by atoms with Crippen molar-refractivity contribution in [2.24, 2.45) is 0 Å². The molecule has 5 heteroatoms. The van der Waals surface area contributed by atoms with Gasteiger partial charge in [-0.05, 0) is 0 Å². The summed E-state index contributed by atoms with van der Waals surface area (Å²) in [4.78, 5) is 8.28. The molecule has 0 aliphatic rings. The Morgan fingerprint density at radius 2 is 1.30 bits per heavy atom. The standard InChI is InChI=1S/C18H26IN2PSe/c1-22(19,15-16-23-2,13-7-17-3-9-20-10-4-17)14-8-18-5-11-21-12-6-18/h3-6,9-12H,7-8,13-16H2,1-2H3. The van der Waals surface area contributed by atoms with Crippen LogP contribution in [0.2, 0.25) is 11.1 Å². The normalized spacial score (nSPS) is 13.4. The van der Waals surface area contributed by atoms with Crippen molar-refractivity contribution in [2.75, 3.05) is 25.2 Å². The van der Waals surface area contributed by atoms with Gasteiger partial charge in [0.15, 0.2) is 0 Å². The molecule has 0 aromatic carbocycles. The zero-order chi connectivity index (χ0) is 16.6. The first-order valence-corrected chi connectivity index (χ1v) is 16.9. The van der Waals surface area contributed by atoms with Crippen molar-refractivity contribution in [3.8, 4) is 0 Å². The van der Waals surface area contributed by atoms with Crippen LogP contribution in [0.4, 0.5) is 0 Å². The average Bonchev–Trinajstić information content (AvgIpc) is 2.59. The molecular weight excluding hydrogens is 481 g/mol. The van der Waals surface area contributed by atoms with Crippen LogP contribution in [0.15, 0.2) is 49.1 Å². The quantitative estimate of drug-likeness (QED) is 0.273. The van der Waals surface area contributed by atoms with Gasteiger partial charge in [-0.2, -0.15) is 0 Å². The number of hydrogen-bond donors (Lipinski definition) is 0. The van der Waals surface area contributed by atoms with Crippen LogP contribution < -0.4 is 0 Å². The van der Waals surface area contributed by atoms with Gasteiger partial charge in [-0.15, -0.1) is 0 Å². The second-order valence-electron chi connectivity index (χ2n) is 6.52. The predicted octanol–water partition coefficient (Wildman–Crippen LogP) is 4.97. The molecule has 0 bridgehead atoms. The van der Waals surface area contributed by atoms with Crippen molar-refractivity contribution in [3.63, 3.8) is 0 Å². The van der Waals surface area contributed by atoms with Crippen molar-refractivity contribution in [1.29, 1.82) is 0 Å². The van der Waals surface area contributed by atoms with Crippen LogP contribution in [0.5, 0.6) is 0 Å². The van der Waals surface area contributed by atoms with Gasteiger partial charge < -0.3 is 0 Å². The zero-order valence-corrected chi connectivity index (χ0v) is 18.8. The van der Waals surface area contributed by atoms with E-state index in [-0.39, 0.29) is 0 Å². The van der Waals surface area contributed by atoms with Crippen molar-refractivity contribution in [1.82, 2.24) is 9.97 Å². The van der Waals surface area contributed by atoms with Gasteiger partial charge in [-0.1, -0.05) is 0 Å². The molecule has 0 amide bonds. The van der Waals surface area contributed by atoms with Crippen LogP contribution in [0.1, 0.15) is 11.1 Å². The summed E-state index contributed by atoms with van der Waals surface area (Å²) >= 11 is 3.67. The average molecular weight is 507 g/mol. The molecule has 126 valence electrons. The summed E-state index contributed by atoms with van der Waals surface area (Å²) in [5.74, 6) is 2.37. The molecule has 2 nitrogen and oxygen atoms in total. The molecule has 0 unspecified atom stereocenters. The third kappa shape index (κ3) is 6.78. The molecule has 2 aromatic heterocycles. The zero-order valence-electron chi connectivity index (χ0n) is 14.0. The summed E-state index contributed by atoms with van der Waals surface area (Å²) in [6.07, 6.45) is 14.2. The fourth-order valence-corrected chi connectivity index (χ4v) is 14.7. The molecule has 0 radical (unpaired) electrons. The van der Waals surface area contributed by atoms with Crippen LogP contribution in [0.25, 0.3) is 0 Å². The van der Waals surface area contributed by atoms with Gasteiger partial charge in [-0.3, -0.25) is 0 Å². The first-order valence-electron chi connectivity index (χ1n) is 7.99. The molecule has 23 heavy (non-hydrogen) atoms. The number of hydrogen-bond acceptors (Lipinski definition) is 2. The van der Waals surface area contributed by atoms with Crippen LogP contribution in [0.3, 0.4) is 0 Å². The Kier molecular flexibility index (Phi) is 7.47. The monoisotopic (exact) mass is 508 g/mol. The van der Waals surface area contributed by atoms with Gasteiger partial charge in [0, 0.05) is 0 Å². The first kappa shape index (κ1) is 19.3. The minimum atomic E-state index is -1.67. The predicted molar refractivity (Wildman–Crippen MR) is 114 cm³/mol. The van der Waals surface area contributed by atoms with Crippen LogP contribution >= 0.6 is 26.3 Å². The summed E-state index contributed by atoms with van der Waals surface area (Å²) in [6.45, 7) is 2.61. The molecule has 0 atom stereocenters. The summed E-state index contributed by atoms with van der Waals surface area (Å²) in [5.41, 5.74) is 2.86. The van der Waals surface area contributed by atoms with Gasteiger partial charge in [-0.25, -0.2) is 0 Å². The molecule has 0 aliphatic heterocycles. The number of rotatable bonds is 9. The van der Waals surface area contributed by atoms with Crippen LogP contribution in [0, 0.1) is 0 Å². The van der Waals surface area contributed by atoms with Gasteiger partial charge in [0.05, 0.1) is 0 Å². The Labute approximate surface area is 159 Å². The van der Waals surface area contributed by atoms with Gasteiger partial charge in [0.25, 0.3) is 0 Å². The molecular formula is C18H26IN2PSe. The van der Waals surface area contributed by atoms with Crippen molar-refractivity contribution >= 4 is 41.2 Å². The minimum absolute atomic E-state index is 0.775. The van der Waals surface area contributed by atoms with Crippen LogP contribution in [-0.2, 0) is 12.8 Å². The maximum absolute atomic E-state index is 4.14. The van der Waals surface area contributed by atoms with E-state index in [1.165, 1.54) is 47.8 Å². The number of halogens is 1. The fraction of sp³-hybridized carbons (Fsp3) is 0.444. The molecule has 2 heterocycles. The summed E-state index contributed by atoms with van der Waals surface area (Å²) in [5, 5.41) is 1.41. The van der Waals surface area contributed by atoms with E-state index in [0.717, 1.165) is 15.0 Å². The van der Waals surface area contributed by atoms with E-state index >= 15 is 0 Å². The van der Waals surface area contributed by atoms with E-state index < -0.39 is 4.25 Å². The van der Waals surface area contributed by atoms with E-state index in [9.17, 15) is 0 Å². The maximum atomic E-state index is 4.14. The van der Waals surface area contributed by atoms with E-state index in [4.69, 9.17) is 0 Å². The molecule has 0 N–H and O–H groups in total. The Bertz CT molecular complexity index is 545. The molecule has 0 aliphatic carbocycles. The molecule has 0 saturated heterocycles. The Morgan fingerprint density at radius 3 is 1.70 bits per heavy atom. The van der Waals surface area contributed by atoms with Crippen molar-refractivity contribution < 1.29 is 0 Å². The van der Waals surface area contributed by atoms with E-state index in [0.29, 0.717) is 0 Å². The van der Waals surface area contributed by atoms with Crippen molar-refractivity contribution in [3.05, 3.63) is 60.2 Å². The number of aromatic nitrogens is 2. The van der Waals surface area contributed by atoms with Crippen LogP contribution in [-0.4, -0.2) is 50.1 Å². The van der Waals surface area contributed by atoms with Crippen molar-refractivity contribution in [2.45, 2.75) is 24.0 Å². The second-order valence-corrected chi connectivity index (χ2v) is 23.3. The Balaban J connectivity index is 2.05. The summed E-state index contributed by atoms with van der Waals surface area (Å²) in [6, 6.07) is 8.67. The Morgan fingerprint density at radius 1 is 0.870 bits per heavy atom. The third-order valence-corrected chi connectivity index (χ3v) is 15.2. The van der Waals surface area contributed by atoms with Gasteiger partial charge in [0.2, 0.25) is 0 Å². The summed E-state index contributed by atoms with van der Waals surface area (Å²) in [7, 11) is 0. The molecule has 0 spiro atoms. The number of aryl methyl sites for hydroxylation is 2. The van der Waals surface area contributed by atoms with Gasteiger partial charge >= 0.3 is 161 Å². The van der Waals surface area contributed by atoms with E-state index in [1.807, 2.05) is 24.8 Å². The summed E-state index contributed by atoms with van der Waals surface area (Å²) < 4.78 is -1.67. The number of nitrogens with zero attached hydrogens (tertiary/aromatic N) is 2. The number of pyridine rings is 2. The molecule has 2 aromatic rings. The third-order valence-electron chi connectivity index (χ3n) is 4.47. The Hall–Kier alpha value is -0.0205. The molecule has 0 fully saturated rings. The topological polar surface area (TPSA) is 25.8 Å². The molecule has 0 saturated carbocycles. The van der Waals surface area contributed by atoms with Gasteiger partial charge in [0.1, 0.15) is 0 Å². The van der Waals surface area contributed by atoms with E-state index in [2.05, 4.69) is 68.8 Å². The molecule has 2 rings (SSSR count). The fourth-order valence-electron chi connectivity index (χ4n) is 2.66.